The van der Waals surface area contributed by atoms with Gasteiger partial charge in [0.2, 0.25) is 10.0 Å². The van der Waals surface area contributed by atoms with E-state index in [0.717, 1.165) is 12.0 Å². The third-order valence-corrected chi connectivity index (χ3v) is 4.99. The van der Waals surface area contributed by atoms with E-state index in [1.54, 1.807) is 24.3 Å². The molecular formula is C17H21NO3S. The van der Waals surface area contributed by atoms with Crippen LogP contribution in [0, 0.1) is 0 Å². The number of benzene rings is 2. The molecule has 4 nitrogen and oxygen atoms in total. The zero-order chi connectivity index (χ0) is 16.0. The first-order valence-corrected chi connectivity index (χ1v) is 8.78. The molecule has 2 aromatic carbocycles. The average Bonchev–Trinajstić information content (AvgIpc) is 2.55. The quantitative estimate of drug-likeness (QED) is 0.795. The molecule has 2 rings (SSSR count). The number of nitrogens with one attached hydrogen (secondary N) is 1. The normalized spacial score (nSPS) is 12.8. The average molecular weight is 319 g/mol. The number of rotatable bonds is 7. The second-order valence-corrected chi connectivity index (χ2v) is 6.89. The van der Waals surface area contributed by atoms with Crippen molar-refractivity contribution in [2.45, 2.75) is 31.1 Å². The zero-order valence-electron chi connectivity index (χ0n) is 12.8. The van der Waals surface area contributed by atoms with Crippen molar-refractivity contribution in [2.75, 3.05) is 6.73 Å². The minimum atomic E-state index is -3.55. The maximum absolute atomic E-state index is 12.2. The van der Waals surface area contributed by atoms with E-state index in [0.29, 0.717) is 11.7 Å². The Morgan fingerprint density at radius 2 is 1.68 bits per heavy atom. The van der Waals surface area contributed by atoms with Gasteiger partial charge in [0.15, 0.2) is 6.73 Å². The van der Waals surface area contributed by atoms with E-state index in [2.05, 4.69) is 18.6 Å². The maximum Gasteiger partial charge on any atom is 0.243 e. The summed E-state index contributed by atoms with van der Waals surface area (Å²) in [4.78, 5) is 0.246. The standard InChI is InChI=1S/C17H21NO3S/c1-3-14(2)15-9-11-17(12-10-15)22(19,20)18-13-21-16-7-5-4-6-8-16/h4-12,14,18H,3,13H2,1-2H3. The third kappa shape index (κ3) is 4.32. The highest BCUT2D eigenvalue weighted by Crippen LogP contribution is 2.20. The van der Waals surface area contributed by atoms with E-state index in [1.165, 1.54) is 0 Å². The number of para-hydroxylation sites is 1. The van der Waals surface area contributed by atoms with Crippen LogP contribution in [0.2, 0.25) is 0 Å². The Kier molecular flexibility index (Phi) is 5.57. The molecule has 0 aromatic heterocycles. The molecule has 1 unspecified atom stereocenters. The summed E-state index contributed by atoms with van der Waals surface area (Å²) >= 11 is 0. The van der Waals surface area contributed by atoms with Gasteiger partial charge in [-0.15, -0.1) is 0 Å². The molecule has 2 aromatic rings. The van der Waals surface area contributed by atoms with Crippen molar-refractivity contribution in [3.05, 3.63) is 60.2 Å². The number of ether oxygens (including phenoxy) is 1. The molecule has 0 saturated carbocycles. The van der Waals surface area contributed by atoms with Gasteiger partial charge in [-0.25, -0.2) is 8.42 Å². The van der Waals surface area contributed by atoms with Crippen molar-refractivity contribution in [1.82, 2.24) is 4.72 Å². The molecule has 118 valence electrons. The SMILES string of the molecule is CCC(C)c1ccc(S(=O)(=O)NCOc2ccccc2)cc1. The van der Waals surface area contributed by atoms with Gasteiger partial charge in [0.1, 0.15) is 5.75 Å². The van der Waals surface area contributed by atoms with E-state index in [-0.39, 0.29) is 11.6 Å². The lowest BCUT2D eigenvalue weighted by atomic mass is 9.99. The van der Waals surface area contributed by atoms with Crippen molar-refractivity contribution >= 4 is 10.0 Å². The van der Waals surface area contributed by atoms with Gasteiger partial charge in [0.05, 0.1) is 4.90 Å². The monoisotopic (exact) mass is 319 g/mol. The summed E-state index contributed by atoms with van der Waals surface area (Å²) in [6.45, 7) is 4.13. The molecule has 0 heterocycles. The van der Waals surface area contributed by atoms with Crippen LogP contribution in [0.4, 0.5) is 0 Å². The molecule has 1 atom stereocenters. The fourth-order valence-corrected chi connectivity index (χ4v) is 2.88. The van der Waals surface area contributed by atoms with Gasteiger partial charge in [0.25, 0.3) is 0 Å². The van der Waals surface area contributed by atoms with Crippen LogP contribution in [-0.2, 0) is 10.0 Å². The molecule has 5 heteroatoms. The molecule has 0 amide bonds. The molecule has 1 N–H and O–H groups in total. The first-order chi connectivity index (χ1) is 10.5. The Morgan fingerprint density at radius 3 is 2.27 bits per heavy atom. The molecule has 0 spiro atoms. The topological polar surface area (TPSA) is 55.4 Å². The minimum absolute atomic E-state index is 0.0978. The summed E-state index contributed by atoms with van der Waals surface area (Å²) in [5, 5.41) is 0. The van der Waals surface area contributed by atoms with Gasteiger partial charge in [-0.2, -0.15) is 4.72 Å². The highest BCUT2D eigenvalue weighted by atomic mass is 32.2. The Balaban J connectivity index is 1.98. The van der Waals surface area contributed by atoms with Crippen LogP contribution in [0.3, 0.4) is 0 Å². The second kappa shape index (κ2) is 7.42. The highest BCUT2D eigenvalue weighted by Gasteiger charge is 2.14. The Hall–Kier alpha value is -1.85. The van der Waals surface area contributed by atoms with Crippen molar-refractivity contribution in [2.24, 2.45) is 0 Å². The molecule has 0 aliphatic carbocycles. The molecule has 0 radical (unpaired) electrons. The Labute approximate surface area is 132 Å². The van der Waals surface area contributed by atoms with E-state index in [1.807, 2.05) is 30.3 Å². The summed E-state index contributed by atoms with van der Waals surface area (Å²) in [5.41, 5.74) is 1.14. The van der Waals surface area contributed by atoms with Gasteiger partial charge < -0.3 is 4.74 Å². The zero-order valence-corrected chi connectivity index (χ0v) is 13.6. The molecule has 0 saturated heterocycles. The van der Waals surface area contributed by atoms with Gasteiger partial charge in [-0.05, 0) is 42.2 Å². The lowest BCUT2D eigenvalue weighted by Crippen LogP contribution is -2.27. The summed E-state index contributed by atoms with van der Waals surface area (Å²) in [5.74, 6) is 1.04. The minimum Gasteiger partial charge on any atom is -0.477 e. The molecule has 0 bridgehead atoms. The van der Waals surface area contributed by atoms with Crippen LogP contribution < -0.4 is 9.46 Å². The predicted octanol–water partition coefficient (Wildman–Crippen LogP) is 3.51. The lowest BCUT2D eigenvalue weighted by molar-refractivity contribution is 0.311. The fourth-order valence-electron chi connectivity index (χ4n) is 2.00. The third-order valence-electron chi connectivity index (χ3n) is 3.60. The van der Waals surface area contributed by atoms with Crippen LogP contribution >= 0.6 is 0 Å². The summed E-state index contributed by atoms with van der Waals surface area (Å²) in [6, 6.07) is 16.1. The molecule has 0 aliphatic heterocycles. The van der Waals surface area contributed by atoms with Gasteiger partial charge in [-0.1, -0.05) is 44.2 Å². The van der Waals surface area contributed by atoms with Crippen LogP contribution in [0.25, 0.3) is 0 Å². The molecule has 0 fully saturated rings. The van der Waals surface area contributed by atoms with E-state index < -0.39 is 10.0 Å². The number of hydrogen-bond donors (Lipinski definition) is 1. The van der Waals surface area contributed by atoms with Gasteiger partial charge in [0, 0.05) is 0 Å². The highest BCUT2D eigenvalue weighted by molar-refractivity contribution is 7.89. The van der Waals surface area contributed by atoms with Crippen molar-refractivity contribution < 1.29 is 13.2 Å². The van der Waals surface area contributed by atoms with E-state index in [9.17, 15) is 8.42 Å². The summed E-state index contributed by atoms with van der Waals surface area (Å²) in [6.07, 6.45) is 1.02. The van der Waals surface area contributed by atoms with Crippen LogP contribution in [0.15, 0.2) is 59.5 Å². The first-order valence-electron chi connectivity index (χ1n) is 7.30. The molecule has 0 aliphatic rings. The van der Waals surface area contributed by atoms with Gasteiger partial charge >= 0.3 is 0 Å². The molecular weight excluding hydrogens is 298 g/mol. The smallest absolute Gasteiger partial charge is 0.243 e. The maximum atomic E-state index is 12.2. The molecule has 22 heavy (non-hydrogen) atoms. The lowest BCUT2D eigenvalue weighted by Gasteiger charge is -2.11. The van der Waals surface area contributed by atoms with Crippen molar-refractivity contribution in [3.8, 4) is 5.75 Å². The Morgan fingerprint density at radius 1 is 1.05 bits per heavy atom. The number of hydrogen-bond acceptors (Lipinski definition) is 3. The summed E-state index contributed by atoms with van der Waals surface area (Å²) in [7, 11) is -3.55. The van der Waals surface area contributed by atoms with Gasteiger partial charge in [-0.3, -0.25) is 0 Å². The van der Waals surface area contributed by atoms with Crippen molar-refractivity contribution in [3.63, 3.8) is 0 Å². The van der Waals surface area contributed by atoms with Crippen LogP contribution in [-0.4, -0.2) is 15.1 Å². The van der Waals surface area contributed by atoms with Crippen molar-refractivity contribution in [1.29, 1.82) is 0 Å². The fraction of sp³-hybridized carbons (Fsp3) is 0.294. The largest absolute Gasteiger partial charge is 0.477 e. The predicted molar refractivity (Wildman–Crippen MR) is 87.4 cm³/mol. The second-order valence-electron chi connectivity index (χ2n) is 5.13. The Bertz CT molecular complexity index is 682. The van der Waals surface area contributed by atoms with E-state index >= 15 is 0 Å². The van der Waals surface area contributed by atoms with E-state index in [4.69, 9.17) is 4.74 Å². The van der Waals surface area contributed by atoms with Crippen LogP contribution in [0.5, 0.6) is 5.75 Å². The summed E-state index contributed by atoms with van der Waals surface area (Å²) < 4.78 is 32.2. The number of sulfonamides is 1. The first kappa shape index (κ1) is 16.5. The van der Waals surface area contributed by atoms with Crippen LogP contribution in [0.1, 0.15) is 31.7 Å².